The zero-order chi connectivity index (χ0) is 23.9. The largest absolute Gasteiger partial charge is 0.497 e. The van der Waals surface area contributed by atoms with Crippen LogP contribution in [0.5, 0.6) is 23.0 Å². The molecule has 2 aromatic carbocycles. The zero-order valence-corrected chi connectivity index (χ0v) is 19.1. The summed E-state index contributed by atoms with van der Waals surface area (Å²) in [4.78, 5) is 22.4. The molecule has 0 bridgehead atoms. The summed E-state index contributed by atoms with van der Waals surface area (Å²) >= 11 is 0. The molecule has 0 unspecified atom stereocenters. The monoisotopic (exact) mass is 471 g/mol. The van der Waals surface area contributed by atoms with Crippen LogP contribution in [0.4, 0.5) is 0 Å². The van der Waals surface area contributed by atoms with Crippen molar-refractivity contribution in [1.82, 2.24) is 24.1 Å². The lowest BCUT2D eigenvalue weighted by molar-refractivity contribution is 0.297. The third-order valence-corrected chi connectivity index (χ3v) is 5.89. The highest BCUT2D eigenvalue weighted by atomic mass is 16.5. The molecular weight excluding hydrogens is 450 g/mol. The van der Waals surface area contributed by atoms with Gasteiger partial charge in [-0.15, -0.1) is 5.10 Å². The van der Waals surface area contributed by atoms with Gasteiger partial charge >= 0.3 is 0 Å². The van der Waals surface area contributed by atoms with Crippen molar-refractivity contribution < 1.29 is 18.9 Å². The van der Waals surface area contributed by atoms with E-state index in [0.29, 0.717) is 64.4 Å². The topological polar surface area (TPSA) is 102 Å². The van der Waals surface area contributed by atoms with Crippen molar-refractivity contribution in [2.45, 2.75) is 6.42 Å². The highest BCUT2D eigenvalue weighted by Crippen LogP contribution is 2.33. The lowest BCUT2D eigenvalue weighted by Crippen LogP contribution is -2.19. The summed E-state index contributed by atoms with van der Waals surface area (Å²) in [6.07, 6.45) is 4.03. The molecule has 1 aliphatic rings. The summed E-state index contributed by atoms with van der Waals surface area (Å²) in [7, 11) is 3.12. The number of methoxy groups -OCH3 is 2. The van der Waals surface area contributed by atoms with E-state index in [1.54, 1.807) is 43.1 Å². The number of pyridine rings is 1. The van der Waals surface area contributed by atoms with E-state index < -0.39 is 0 Å². The van der Waals surface area contributed by atoms with Crippen LogP contribution >= 0.6 is 0 Å². The maximum absolute atomic E-state index is 13.4. The molecule has 176 valence electrons. The molecule has 0 saturated heterocycles. The van der Waals surface area contributed by atoms with Gasteiger partial charge in [0.1, 0.15) is 11.5 Å². The number of rotatable bonds is 4. The number of ether oxygens (including phenoxy) is 4. The molecule has 5 aromatic rings. The van der Waals surface area contributed by atoms with E-state index in [0.717, 1.165) is 12.0 Å². The lowest BCUT2D eigenvalue weighted by Gasteiger charge is -2.13. The quantitative estimate of drug-likeness (QED) is 0.394. The molecule has 35 heavy (non-hydrogen) atoms. The molecule has 0 spiro atoms. The normalized spacial score (nSPS) is 13.1. The van der Waals surface area contributed by atoms with Crippen LogP contribution in [0.15, 0.2) is 59.7 Å². The fourth-order valence-electron chi connectivity index (χ4n) is 4.12. The second kappa shape index (κ2) is 8.32. The molecule has 6 rings (SSSR count). The molecule has 0 aliphatic carbocycles. The van der Waals surface area contributed by atoms with Crippen LogP contribution in [0.1, 0.15) is 6.42 Å². The number of benzene rings is 2. The number of hydrogen-bond donors (Lipinski definition) is 0. The molecule has 0 amide bonds. The summed E-state index contributed by atoms with van der Waals surface area (Å²) < 4.78 is 25.3. The number of aromatic nitrogens is 5. The third-order valence-electron chi connectivity index (χ3n) is 5.89. The van der Waals surface area contributed by atoms with Crippen LogP contribution in [0.3, 0.4) is 0 Å². The van der Waals surface area contributed by atoms with E-state index in [1.165, 1.54) is 10.8 Å². The molecule has 0 radical (unpaired) electrons. The van der Waals surface area contributed by atoms with E-state index in [2.05, 4.69) is 15.1 Å². The lowest BCUT2D eigenvalue weighted by atomic mass is 10.2. The Hall–Kier alpha value is -4.60. The molecular formula is C25H21N5O5. The molecule has 0 fully saturated rings. The van der Waals surface area contributed by atoms with Gasteiger partial charge in [-0.25, -0.2) is 4.98 Å². The Morgan fingerprint density at radius 2 is 1.83 bits per heavy atom. The smallest absolute Gasteiger partial charge is 0.266 e. The molecule has 10 heteroatoms. The van der Waals surface area contributed by atoms with Crippen LogP contribution < -0.4 is 24.5 Å². The Morgan fingerprint density at radius 3 is 2.66 bits per heavy atom. The molecule has 4 heterocycles. The maximum Gasteiger partial charge on any atom is 0.266 e. The van der Waals surface area contributed by atoms with E-state index in [-0.39, 0.29) is 5.56 Å². The van der Waals surface area contributed by atoms with Crippen LogP contribution in [-0.2, 0) is 0 Å². The Labute approximate surface area is 199 Å². The van der Waals surface area contributed by atoms with Crippen molar-refractivity contribution in [3.05, 3.63) is 65.2 Å². The summed E-state index contributed by atoms with van der Waals surface area (Å²) in [6.45, 7) is 1.21. The Bertz CT molecular complexity index is 1640. The SMILES string of the molecule is COc1ccc(-n2ccc3c(cnc4nc(-c5ccc6c(c5)OCCCO6)nn43)c2=O)c(OC)c1. The Balaban J connectivity index is 1.46. The van der Waals surface area contributed by atoms with E-state index >= 15 is 0 Å². The van der Waals surface area contributed by atoms with Gasteiger partial charge in [-0.3, -0.25) is 9.36 Å². The first kappa shape index (κ1) is 21.0. The highest BCUT2D eigenvalue weighted by molar-refractivity contribution is 5.79. The molecule has 0 saturated carbocycles. The van der Waals surface area contributed by atoms with Gasteiger partial charge in [0.05, 0.1) is 44.0 Å². The first-order valence-electron chi connectivity index (χ1n) is 11.1. The van der Waals surface area contributed by atoms with Crippen molar-refractivity contribution in [2.75, 3.05) is 27.4 Å². The predicted octanol–water partition coefficient (Wildman–Crippen LogP) is 3.27. The van der Waals surface area contributed by atoms with Crippen LogP contribution in [0.25, 0.3) is 33.8 Å². The molecule has 0 N–H and O–H groups in total. The van der Waals surface area contributed by atoms with Gasteiger partial charge in [-0.2, -0.15) is 9.50 Å². The fraction of sp³-hybridized carbons (Fsp3) is 0.200. The third kappa shape index (κ3) is 3.50. The summed E-state index contributed by atoms with van der Waals surface area (Å²) in [5.41, 5.74) is 1.70. The second-order valence-corrected chi connectivity index (χ2v) is 7.94. The van der Waals surface area contributed by atoms with Crippen LogP contribution in [0, 0.1) is 0 Å². The fourth-order valence-corrected chi connectivity index (χ4v) is 4.12. The van der Waals surface area contributed by atoms with Crippen molar-refractivity contribution in [3.63, 3.8) is 0 Å². The van der Waals surface area contributed by atoms with Crippen molar-refractivity contribution in [3.8, 4) is 40.1 Å². The molecule has 1 aliphatic heterocycles. The van der Waals surface area contributed by atoms with Crippen molar-refractivity contribution >= 4 is 16.7 Å². The molecule has 10 nitrogen and oxygen atoms in total. The van der Waals surface area contributed by atoms with Crippen LogP contribution in [0.2, 0.25) is 0 Å². The van der Waals surface area contributed by atoms with Gasteiger partial charge in [0, 0.05) is 30.4 Å². The van der Waals surface area contributed by atoms with Crippen molar-refractivity contribution in [1.29, 1.82) is 0 Å². The minimum Gasteiger partial charge on any atom is -0.497 e. The highest BCUT2D eigenvalue weighted by Gasteiger charge is 2.17. The number of nitrogens with zero attached hydrogens (tertiary/aromatic N) is 5. The van der Waals surface area contributed by atoms with Crippen molar-refractivity contribution in [2.24, 2.45) is 0 Å². The average Bonchev–Trinajstić information content (AvgIpc) is 3.20. The van der Waals surface area contributed by atoms with Gasteiger partial charge in [0.25, 0.3) is 11.3 Å². The van der Waals surface area contributed by atoms with E-state index in [4.69, 9.17) is 18.9 Å². The first-order valence-corrected chi connectivity index (χ1v) is 11.1. The Kier molecular flexibility index (Phi) is 4.98. The zero-order valence-electron chi connectivity index (χ0n) is 19.1. The minimum absolute atomic E-state index is 0.256. The van der Waals surface area contributed by atoms with E-state index in [1.807, 2.05) is 24.3 Å². The summed E-state index contributed by atoms with van der Waals surface area (Å²) in [5, 5.41) is 5.04. The van der Waals surface area contributed by atoms with Crippen LogP contribution in [-0.4, -0.2) is 51.6 Å². The van der Waals surface area contributed by atoms with Gasteiger partial charge in [0.2, 0.25) is 0 Å². The minimum atomic E-state index is -0.256. The van der Waals surface area contributed by atoms with E-state index in [9.17, 15) is 4.79 Å². The predicted molar refractivity (Wildman–Crippen MR) is 128 cm³/mol. The van der Waals surface area contributed by atoms with Gasteiger partial charge in [0.15, 0.2) is 17.3 Å². The second-order valence-electron chi connectivity index (χ2n) is 7.94. The number of fused-ring (bicyclic) bond motifs is 4. The Morgan fingerprint density at radius 1 is 0.971 bits per heavy atom. The average molecular weight is 471 g/mol. The summed E-state index contributed by atoms with van der Waals surface area (Å²) in [5.74, 6) is 3.37. The summed E-state index contributed by atoms with van der Waals surface area (Å²) in [6, 6.07) is 12.7. The first-order chi connectivity index (χ1) is 17.2. The van der Waals surface area contributed by atoms with Gasteiger partial charge in [-0.1, -0.05) is 0 Å². The molecule has 3 aromatic heterocycles. The molecule has 0 atom stereocenters. The maximum atomic E-state index is 13.4. The number of hydrogen-bond acceptors (Lipinski definition) is 8. The van der Waals surface area contributed by atoms with Gasteiger partial charge in [-0.05, 0) is 36.4 Å². The van der Waals surface area contributed by atoms with Gasteiger partial charge < -0.3 is 18.9 Å². The standard InChI is InChI=1S/C25H21N5O5/c1-32-16-5-6-19(21(13-16)33-2)29-9-8-18-17(24(29)31)14-26-25-27-23(28-30(18)25)15-4-7-20-22(12-15)35-11-3-10-34-20/h4-9,12-14H,3,10-11H2,1-2H3.